The van der Waals surface area contributed by atoms with Gasteiger partial charge in [0.25, 0.3) is 0 Å². The summed E-state index contributed by atoms with van der Waals surface area (Å²) in [5.41, 5.74) is 1.66. The fourth-order valence-corrected chi connectivity index (χ4v) is 10.1. The highest BCUT2D eigenvalue weighted by Crippen LogP contribution is 2.68. The molecule has 0 unspecified atom stereocenters. The zero-order valence-electron chi connectivity index (χ0n) is 17.7. The molecule has 2 amide bonds. The van der Waals surface area contributed by atoms with E-state index in [2.05, 4.69) is 20.9 Å². The number of thioether (sulfide) groups is 1. The molecule has 2 bridgehead atoms. The number of hydrogen-bond acceptors (Lipinski definition) is 6. The molecule has 7 atom stereocenters. The second kappa shape index (κ2) is 7.32. The average molecular weight is 555 g/mol. The Kier molecular flexibility index (Phi) is 4.51. The fraction of sp³-hybridized carbons (Fsp3) is 0.320. The van der Waals surface area contributed by atoms with Gasteiger partial charge in [-0.1, -0.05) is 39.4 Å². The van der Waals surface area contributed by atoms with E-state index in [9.17, 15) is 19.5 Å². The Balaban J connectivity index is 1.32. The summed E-state index contributed by atoms with van der Waals surface area (Å²) in [6, 6.07) is 14.5. The number of aromatic hydroxyl groups is 1. The van der Waals surface area contributed by atoms with E-state index in [-0.39, 0.29) is 63.2 Å². The smallest absolute Gasteiger partial charge is 0.305 e. The number of benzene rings is 2. The molecule has 0 radical (unpaired) electrons. The molecule has 2 saturated carbocycles. The van der Waals surface area contributed by atoms with Gasteiger partial charge in [-0.15, -0.1) is 11.8 Å². The second-order valence-electron chi connectivity index (χ2n) is 9.54. The van der Waals surface area contributed by atoms with E-state index in [0.717, 1.165) is 26.4 Å². The van der Waals surface area contributed by atoms with E-state index in [4.69, 9.17) is 0 Å². The molecule has 34 heavy (non-hydrogen) atoms. The fourth-order valence-electron chi connectivity index (χ4n) is 6.92. The largest absolute Gasteiger partial charge is 0.508 e. The second-order valence-corrected chi connectivity index (χ2v) is 12.7. The number of halogens is 1. The van der Waals surface area contributed by atoms with Crippen molar-refractivity contribution in [3.05, 3.63) is 73.1 Å². The van der Waals surface area contributed by atoms with Gasteiger partial charge in [-0.2, -0.15) is 0 Å². The number of carbonyl (C=O) groups is 2. The van der Waals surface area contributed by atoms with Crippen LogP contribution in [0.4, 0.5) is 5.69 Å². The molecule has 2 N–H and O–H groups in total. The summed E-state index contributed by atoms with van der Waals surface area (Å²) in [4.78, 5) is 44.9. The van der Waals surface area contributed by atoms with Gasteiger partial charge in [-0.05, 0) is 66.1 Å². The molecule has 4 aliphatic rings. The number of carbonyl (C=O) groups excluding carboxylic acids is 2. The van der Waals surface area contributed by atoms with Crippen LogP contribution in [0, 0.1) is 29.6 Å². The van der Waals surface area contributed by atoms with E-state index >= 15 is 0 Å². The van der Waals surface area contributed by atoms with Crippen molar-refractivity contribution in [3.63, 3.8) is 0 Å². The number of anilines is 1. The topological polar surface area (TPSA) is 90.5 Å². The van der Waals surface area contributed by atoms with Crippen LogP contribution >= 0.6 is 39.0 Å². The van der Waals surface area contributed by atoms with Gasteiger partial charge in [-0.25, -0.2) is 0 Å². The minimum atomic E-state index is -0.320. The summed E-state index contributed by atoms with van der Waals surface area (Å²) in [5, 5.41) is 10.9. The Morgan fingerprint density at radius 2 is 1.62 bits per heavy atom. The van der Waals surface area contributed by atoms with Crippen LogP contribution in [0.1, 0.15) is 22.8 Å². The lowest BCUT2D eigenvalue weighted by atomic mass is 9.68. The van der Waals surface area contributed by atoms with Crippen molar-refractivity contribution in [1.82, 2.24) is 4.98 Å². The summed E-state index contributed by atoms with van der Waals surface area (Å²) in [6.45, 7) is 0. The van der Waals surface area contributed by atoms with Crippen LogP contribution in [-0.4, -0.2) is 27.2 Å². The van der Waals surface area contributed by atoms with E-state index < -0.39 is 0 Å². The molecule has 3 aromatic rings. The molecule has 172 valence electrons. The highest BCUT2D eigenvalue weighted by atomic mass is 79.9. The molecular weight excluding hydrogens is 536 g/mol. The highest BCUT2D eigenvalue weighted by molar-refractivity contribution is 9.10. The number of aromatic amines is 1. The molecule has 2 aliphatic carbocycles. The third-order valence-corrected chi connectivity index (χ3v) is 11.2. The number of phenols is 1. The van der Waals surface area contributed by atoms with Crippen molar-refractivity contribution >= 4 is 56.5 Å². The summed E-state index contributed by atoms with van der Waals surface area (Å²) in [6.07, 6.45) is 0.858. The van der Waals surface area contributed by atoms with Gasteiger partial charge >= 0.3 is 4.87 Å². The number of phenolic OH excluding ortho intramolecular Hbond substituents is 1. The number of hydrogen-bond donors (Lipinski definition) is 2. The molecule has 6 nitrogen and oxygen atoms in total. The summed E-state index contributed by atoms with van der Waals surface area (Å²) in [5.74, 6) is -0.315. The van der Waals surface area contributed by atoms with E-state index in [1.54, 1.807) is 23.9 Å². The Labute approximate surface area is 211 Å². The molecule has 7 rings (SSSR count). The monoisotopic (exact) mass is 554 g/mol. The maximum absolute atomic E-state index is 13.7. The van der Waals surface area contributed by atoms with Crippen LogP contribution in [0.15, 0.2) is 62.8 Å². The molecule has 3 fully saturated rings. The van der Waals surface area contributed by atoms with Gasteiger partial charge in [0.15, 0.2) is 0 Å². The lowest BCUT2D eigenvalue weighted by Gasteiger charge is -2.43. The van der Waals surface area contributed by atoms with Gasteiger partial charge in [0.05, 0.1) is 22.5 Å². The van der Waals surface area contributed by atoms with Crippen LogP contribution in [-0.2, 0) is 9.59 Å². The van der Waals surface area contributed by atoms with Crippen molar-refractivity contribution in [3.8, 4) is 5.75 Å². The zero-order valence-corrected chi connectivity index (χ0v) is 20.9. The first-order valence-electron chi connectivity index (χ1n) is 11.2. The highest BCUT2D eigenvalue weighted by Gasteiger charge is 2.69. The van der Waals surface area contributed by atoms with Gasteiger partial charge in [0.2, 0.25) is 11.8 Å². The first kappa shape index (κ1) is 21.0. The van der Waals surface area contributed by atoms with Crippen LogP contribution in [0.3, 0.4) is 0 Å². The molecule has 9 heteroatoms. The lowest BCUT2D eigenvalue weighted by Crippen LogP contribution is -2.42. The van der Waals surface area contributed by atoms with Gasteiger partial charge < -0.3 is 10.1 Å². The molecule has 1 saturated heterocycles. The summed E-state index contributed by atoms with van der Waals surface area (Å²) in [7, 11) is 0. The van der Waals surface area contributed by atoms with Crippen LogP contribution in [0.25, 0.3) is 0 Å². The zero-order chi connectivity index (χ0) is 23.3. The van der Waals surface area contributed by atoms with E-state index in [1.165, 1.54) is 16.2 Å². The van der Waals surface area contributed by atoms with Crippen molar-refractivity contribution in [2.24, 2.45) is 29.6 Å². The third kappa shape index (κ3) is 2.77. The Bertz CT molecular complexity index is 1400. The lowest BCUT2D eigenvalue weighted by molar-refractivity contribution is -0.123. The molecule has 0 spiro atoms. The number of nitrogens with one attached hydrogen (secondary N) is 1. The Hall–Kier alpha value is -2.36. The van der Waals surface area contributed by atoms with E-state index in [1.807, 2.05) is 36.4 Å². The van der Waals surface area contributed by atoms with Gasteiger partial charge in [0.1, 0.15) is 5.75 Å². The number of fused-ring (bicyclic) bond motifs is 9. The van der Waals surface area contributed by atoms with Crippen LogP contribution in [0.5, 0.6) is 5.75 Å². The molecule has 2 aliphatic heterocycles. The van der Waals surface area contributed by atoms with E-state index in [0.29, 0.717) is 5.69 Å². The number of thiazole rings is 1. The summed E-state index contributed by atoms with van der Waals surface area (Å²) >= 11 is 6.34. The molecule has 2 aromatic carbocycles. The first-order valence-corrected chi connectivity index (χ1v) is 13.7. The van der Waals surface area contributed by atoms with Crippen LogP contribution in [0.2, 0.25) is 0 Å². The number of imide groups is 1. The number of amides is 2. The minimum Gasteiger partial charge on any atom is -0.508 e. The molecular formula is C25H19BrN2O4S2. The predicted molar refractivity (Wildman–Crippen MR) is 133 cm³/mol. The number of nitrogens with zero attached hydrogens (tertiary/aromatic N) is 1. The van der Waals surface area contributed by atoms with Crippen molar-refractivity contribution in [1.29, 1.82) is 0 Å². The number of rotatable bonds is 2. The summed E-state index contributed by atoms with van der Waals surface area (Å²) < 4.78 is 0.898. The Morgan fingerprint density at radius 3 is 2.32 bits per heavy atom. The first-order chi connectivity index (χ1) is 16.4. The minimum absolute atomic E-state index is 0.0358. The van der Waals surface area contributed by atoms with Crippen molar-refractivity contribution < 1.29 is 14.7 Å². The number of aromatic nitrogens is 1. The normalized spacial score (nSPS) is 33.2. The third-order valence-electron chi connectivity index (χ3n) is 8.06. The Morgan fingerprint density at radius 1 is 0.941 bits per heavy atom. The maximum Gasteiger partial charge on any atom is 0.305 e. The molecule has 1 aromatic heterocycles. The van der Waals surface area contributed by atoms with Crippen LogP contribution < -0.4 is 9.77 Å². The quantitative estimate of drug-likeness (QED) is 0.452. The van der Waals surface area contributed by atoms with Gasteiger partial charge in [-0.3, -0.25) is 19.3 Å². The SMILES string of the molecule is O=C1[C@H]2[C@H]3C[C@@H]([C@@H]2C(=O)N1c1ccc(Br)cc1)[C@H]1[C@H](c2ccc(O)cc2)c2sc(=O)[nH]c2S[C@H]31. The average Bonchev–Trinajstić information content (AvgIpc) is 3.54. The standard InChI is InChI=1S/C25H19BrN2O4S2/c26-11-3-5-12(6-4-11)28-23(30)18-14-9-15(19(18)24(28)31)20-17(14)16(10-1-7-13(29)8-2-10)21-22(33-20)27-25(32)34-21/h1-8,14-20,29H,9H2,(H,27,32)/t14-,15-,16+,17+,18+,19+,20-/m1/s1. The van der Waals surface area contributed by atoms with Gasteiger partial charge in [0, 0.05) is 20.5 Å². The van der Waals surface area contributed by atoms with Crippen molar-refractivity contribution in [2.75, 3.05) is 4.90 Å². The predicted octanol–water partition coefficient (Wildman–Crippen LogP) is 4.58. The molecule has 3 heterocycles. The van der Waals surface area contributed by atoms with Crippen molar-refractivity contribution in [2.45, 2.75) is 22.6 Å². The number of H-pyrrole nitrogens is 1. The maximum atomic E-state index is 13.7.